The summed E-state index contributed by atoms with van der Waals surface area (Å²) >= 11 is 0. The SMILES string of the molecule is CCCCC(NS(=O)(=O)c1cccc(F)c1)C(=O)O. The molecule has 0 aliphatic heterocycles. The summed E-state index contributed by atoms with van der Waals surface area (Å²) in [6.07, 6.45) is 1.54. The molecule has 0 aliphatic carbocycles. The summed E-state index contributed by atoms with van der Waals surface area (Å²) in [7, 11) is -4.03. The molecule has 0 spiro atoms. The van der Waals surface area contributed by atoms with Gasteiger partial charge in [0.25, 0.3) is 0 Å². The topological polar surface area (TPSA) is 83.5 Å². The van der Waals surface area contributed by atoms with Crippen molar-refractivity contribution >= 4 is 16.0 Å². The van der Waals surface area contributed by atoms with Gasteiger partial charge in [0.1, 0.15) is 11.9 Å². The van der Waals surface area contributed by atoms with Crippen LogP contribution in [0.1, 0.15) is 26.2 Å². The van der Waals surface area contributed by atoms with Gasteiger partial charge < -0.3 is 5.11 Å². The second-order valence-electron chi connectivity index (χ2n) is 4.11. The van der Waals surface area contributed by atoms with Crippen molar-refractivity contribution in [2.24, 2.45) is 0 Å². The van der Waals surface area contributed by atoms with Gasteiger partial charge in [-0.15, -0.1) is 0 Å². The largest absolute Gasteiger partial charge is 0.480 e. The Hall–Kier alpha value is -1.47. The number of benzene rings is 1. The number of halogens is 1. The van der Waals surface area contributed by atoms with Crippen molar-refractivity contribution in [1.29, 1.82) is 0 Å². The molecule has 0 amide bonds. The number of aliphatic carboxylic acids is 1. The zero-order chi connectivity index (χ0) is 14.5. The summed E-state index contributed by atoms with van der Waals surface area (Å²) in [5, 5.41) is 8.96. The molecule has 0 saturated carbocycles. The van der Waals surface area contributed by atoms with E-state index in [4.69, 9.17) is 5.11 Å². The molecule has 106 valence electrons. The number of hydrogen-bond acceptors (Lipinski definition) is 3. The molecule has 1 aromatic rings. The van der Waals surface area contributed by atoms with Crippen LogP contribution in [0, 0.1) is 5.82 Å². The Morgan fingerprint density at radius 3 is 2.68 bits per heavy atom. The lowest BCUT2D eigenvalue weighted by atomic mass is 10.1. The minimum absolute atomic E-state index is 0.195. The fourth-order valence-corrected chi connectivity index (χ4v) is 2.79. The molecule has 0 heterocycles. The zero-order valence-electron chi connectivity index (χ0n) is 10.5. The van der Waals surface area contributed by atoms with Crippen LogP contribution in [0.15, 0.2) is 29.2 Å². The second-order valence-corrected chi connectivity index (χ2v) is 5.83. The van der Waals surface area contributed by atoms with Crippen LogP contribution in [0.2, 0.25) is 0 Å². The van der Waals surface area contributed by atoms with Crippen LogP contribution in [-0.4, -0.2) is 25.5 Å². The molecule has 0 aromatic heterocycles. The van der Waals surface area contributed by atoms with Gasteiger partial charge in [0.05, 0.1) is 4.90 Å². The van der Waals surface area contributed by atoms with Gasteiger partial charge in [-0.25, -0.2) is 12.8 Å². The quantitative estimate of drug-likeness (QED) is 0.801. The molecule has 0 aliphatic rings. The lowest BCUT2D eigenvalue weighted by Crippen LogP contribution is -2.40. The summed E-state index contributed by atoms with van der Waals surface area (Å²) < 4.78 is 38.9. The van der Waals surface area contributed by atoms with Crippen molar-refractivity contribution in [2.75, 3.05) is 0 Å². The van der Waals surface area contributed by atoms with Crippen molar-refractivity contribution in [1.82, 2.24) is 4.72 Å². The number of nitrogens with one attached hydrogen (secondary N) is 1. The van der Waals surface area contributed by atoms with Gasteiger partial charge >= 0.3 is 5.97 Å². The maximum absolute atomic E-state index is 13.0. The number of carboxylic acid groups (broad SMARTS) is 1. The van der Waals surface area contributed by atoms with Gasteiger partial charge in [-0.3, -0.25) is 4.79 Å². The number of unbranched alkanes of at least 4 members (excludes halogenated alkanes) is 1. The monoisotopic (exact) mass is 289 g/mol. The second kappa shape index (κ2) is 6.63. The van der Waals surface area contributed by atoms with E-state index >= 15 is 0 Å². The summed E-state index contributed by atoms with van der Waals surface area (Å²) in [4.78, 5) is 10.7. The Kier molecular flexibility index (Phi) is 5.44. The molecule has 19 heavy (non-hydrogen) atoms. The van der Waals surface area contributed by atoms with Crippen molar-refractivity contribution < 1.29 is 22.7 Å². The fourth-order valence-electron chi connectivity index (χ4n) is 1.53. The first kappa shape index (κ1) is 15.6. The van der Waals surface area contributed by atoms with Gasteiger partial charge in [-0.2, -0.15) is 4.72 Å². The van der Waals surface area contributed by atoms with Gasteiger partial charge in [0, 0.05) is 0 Å². The van der Waals surface area contributed by atoms with Crippen LogP contribution in [0.4, 0.5) is 4.39 Å². The van der Waals surface area contributed by atoms with E-state index in [1.54, 1.807) is 0 Å². The Bertz CT molecular complexity index is 544. The molecule has 1 aromatic carbocycles. The van der Waals surface area contributed by atoms with Crippen molar-refractivity contribution in [3.63, 3.8) is 0 Å². The van der Waals surface area contributed by atoms with Crippen LogP contribution >= 0.6 is 0 Å². The predicted molar refractivity (Wildman–Crippen MR) is 67.7 cm³/mol. The van der Waals surface area contributed by atoms with E-state index in [1.165, 1.54) is 12.1 Å². The number of carbonyl (C=O) groups is 1. The Morgan fingerprint density at radius 1 is 1.47 bits per heavy atom. The molecule has 0 bridgehead atoms. The fraction of sp³-hybridized carbons (Fsp3) is 0.417. The number of sulfonamides is 1. The molecule has 1 rings (SSSR count). The van der Waals surface area contributed by atoms with Gasteiger partial charge in [-0.05, 0) is 24.6 Å². The minimum atomic E-state index is -4.03. The van der Waals surface area contributed by atoms with E-state index in [-0.39, 0.29) is 11.3 Å². The highest BCUT2D eigenvalue weighted by atomic mass is 32.2. The normalized spacial score (nSPS) is 13.2. The smallest absolute Gasteiger partial charge is 0.321 e. The predicted octanol–water partition coefficient (Wildman–Crippen LogP) is 1.75. The van der Waals surface area contributed by atoms with E-state index in [1.807, 2.05) is 6.92 Å². The number of rotatable bonds is 7. The van der Waals surface area contributed by atoms with E-state index in [0.717, 1.165) is 18.6 Å². The zero-order valence-corrected chi connectivity index (χ0v) is 11.3. The lowest BCUT2D eigenvalue weighted by molar-refractivity contribution is -0.139. The molecule has 0 saturated heterocycles. The molecular weight excluding hydrogens is 273 g/mol. The first-order chi connectivity index (χ1) is 8.86. The molecule has 0 fully saturated rings. The average molecular weight is 289 g/mol. The van der Waals surface area contributed by atoms with Crippen molar-refractivity contribution in [3.8, 4) is 0 Å². The summed E-state index contributed by atoms with van der Waals surface area (Å²) in [6.45, 7) is 1.87. The van der Waals surface area contributed by atoms with Crippen molar-refractivity contribution in [3.05, 3.63) is 30.1 Å². The number of carboxylic acids is 1. The molecule has 5 nitrogen and oxygen atoms in total. The third-order valence-electron chi connectivity index (χ3n) is 2.55. The average Bonchev–Trinajstić information content (AvgIpc) is 2.34. The van der Waals surface area contributed by atoms with Crippen molar-refractivity contribution in [2.45, 2.75) is 37.1 Å². The number of hydrogen-bond donors (Lipinski definition) is 2. The van der Waals surface area contributed by atoms with Gasteiger partial charge in [0.2, 0.25) is 10.0 Å². The minimum Gasteiger partial charge on any atom is -0.480 e. The van der Waals surface area contributed by atoms with Crippen LogP contribution < -0.4 is 4.72 Å². The highest BCUT2D eigenvalue weighted by Crippen LogP contribution is 2.12. The highest BCUT2D eigenvalue weighted by molar-refractivity contribution is 7.89. The highest BCUT2D eigenvalue weighted by Gasteiger charge is 2.24. The van der Waals surface area contributed by atoms with E-state index < -0.39 is 27.9 Å². The third-order valence-corrected chi connectivity index (χ3v) is 4.02. The Balaban J connectivity index is 2.91. The molecular formula is C12H16FNO4S. The first-order valence-corrected chi connectivity index (χ1v) is 7.36. The van der Waals surface area contributed by atoms with E-state index in [2.05, 4.69) is 4.72 Å². The Morgan fingerprint density at radius 2 is 2.16 bits per heavy atom. The molecule has 2 N–H and O–H groups in total. The van der Waals surface area contributed by atoms with Crippen LogP contribution in [0.3, 0.4) is 0 Å². The standard InChI is InChI=1S/C12H16FNO4S/c1-2-3-7-11(12(15)16)14-19(17,18)10-6-4-5-9(13)8-10/h4-6,8,11,14H,2-3,7H2,1H3,(H,15,16). The third kappa shape index (κ3) is 4.60. The van der Waals surface area contributed by atoms with Crippen LogP contribution in [0.5, 0.6) is 0 Å². The molecule has 7 heteroatoms. The molecule has 1 atom stereocenters. The summed E-state index contributed by atoms with van der Waals surface area (Å²) in [6, 6.07) is 3.23. The first-order valence-electron chi connectivity index (χ1n) is 5.87. The van der Waals surface area contributed by atoms with E-state index in [0.29, 0.717) is 6.42 Å². The molecule has 1 unspecified atom stereocenters. The summed E-state index contributed by atoms with van der Waals surface area (Å²) in [5.41, 5.74) is 0. The maximum Gasteiger partial charge on any atom is 0.321 e. The Labute approximate surface area is 111 Å². The van der Waals surface area contributed by atoms with Gasteiger partial charge in [0.15, 0.2) is 0 Å². The molecule has 0 radical (unpaired) electrons. The van der Waals surface area contributed by atoms with E-state index in [9.17, 15) is 17.6 Å². The lowest BCUT2D eigenvalue weighted by Gasteiger charge is -2.14. The van der Waals surface area contributed by atoms with Gasteiger partial charge in [-0.1, -0.05) is 25.8 Å². The van der Waals surface area contributed by atoms with Crippen LogP contribution in [-0.2, 0) is 14.8 Å². The summed E-state index contributed by atoms with van der Waals surface area (Å²) in [5.74, 6) is -1.93. The maximum atomic E-state index is 13.0. The van der Waals surface area contributed by atoms with Crippen LogP contribution in [0.25, 0.3) is 0 Å².